The maximum atomic E-state index is 11.2. The van der Waals surface area contributed by atoms with Crippen molar-refractivity contribution >= 4 is 0 Å². The number of hydrogen-bond donors (Lipinski definition) is 1. The van der Waals surface area contributed by atoms with Crippen LogP contribution in [0.15, 0.2) is 24.3 Å². The van der Waals surface area contributed by atoms with Gasteiger partial charge in [-0.05, 0) is 37.3 Å². The van der Waals surface area contributed by atoms with Gasteiger partial charge in [0, 0.05) is 0 Å². The second kappa shape index (κ2) is 6.62. The van der Waals surface area contributed by atoms with Gasteiger partial charge in [0.25, 0.3) is 0 Å². The highest BCUT2D eigenvalue weighted by Gasteiger charge is 2.48. The number of aryl methyl sites for hydroxylation is 1. The van der Waals surface area contributed by atoms with Crippen LogP contribution < -0.4 is 0 Å². The van der Waals surface area contributed by atoms with Crippen LogP contribution in [0.4, 0.5) is 0 Å². The average molecular weight is 285 g/mol. The Morgan fingerprint density at radius 3 is 2.10 bits per heavy atom. The molecule has 2 heteroatoms. The zero-order valence-corrected chi connectivity index (χ0v) is 13.4. The fraction of sp³-hybridized carbons (Fsp3) is 0.632. The van der Waals surface area contributed by atoms with E-state index < -0.39 is 11.0 Å². The fourth-order valence-corrected chi connectivity index (χ4v) is 3.56. The summed E-state index contributed by atoms with van der Waals surface area (Å²) >= 11 is 0. The summed E-state index contributed by atoms with van der Waals surface area (Å²) in [6, 6.07) is 10.6. The predicted octanol–water partition coefficient (Wildman–Crippen LogP) is 4.71. The molecule has 1 fully saturated rings. The molecule has 0 bridgehead atoms. The van der Waals surface area contributed by atoms with E-state index in [1.807, 2.05) is 19.1 Å². The van der Waals surface area contributed by atoms with Crippen LogP contribution in [0.3, 0.4) is 0 Å². The highest BCUT2D eigenvalue weighted by molar-refractivity contribution is 5.31. The maximum Gasteiger partial charge on any atom is 0.105 e. The van der Waals surface area contributed by atoms with Crippen LogP contribution in [-0.4, -0.2) is 5.11 Å². The maximum absolute atomic E-state index is 11.2. The van der Waals surface area contributed by atoms with Gasteiger partial charge in [0.15, 0.2) is 0 Å². The Bertz CT molecular complexity index is 487. The van der Waals surface area contributed by atoms with Gasteiger partial charge in [0.2, 0.25) is 0 Å². The van der Waals surface area contributed by atoms with Gasteiger partial charge in [0.1, 0.15) is 5.60 Å². The number of rotatable bonds is 3. The highest BCUT2D eigenvalue weighted by atomic mass is 16.3. The summed E-state index contributed by atoms with van der Waals surface area (Å²) in [4.78, 5) is 0. The lowest BCUT2D eigenvalue weighted by Crippen LogP contribution is -2.43. The molecule has 21 heavy (non-hydrogen) atoms. The fourth-order valence-electron chi connectivity index (χ4n) is 3.56. The molecule has 1 aliphatic carbocycles. The largest absolute Gasteiger partial charge is 0.384 e. The summed E-state index contributed by atoms with van der Waals surface area (Å²) in [5, 5.41) is 21.1. The van der Waals surface area contributed by atoms with E-state index in [0.717, 1.165) is 37.7 Å². The smallest absolute Gasteiger partial charge is 0.105 e. The van der Waals surface area contributed by atoms with Crippen molar-refractivity contribution in [1.82, 2.24) is 0 Å². The van der Waals surface area contributed by atoms with Gasteiger partial charge in [-0.25, -0.2) is 0 Å². The van der Waals surface area contributed by atoms with E-state index >= 15 is 0 Å². The summed E-state index contributed by atoms with van der Waals surface area (Å²) in [6.07, 6.45) is 8.27. The molecule has 1 atom stereocenters. The molecule has 0 radical (unpaired) electrons. The van der Waals surface area contributed by atoms with Crippen LogP contribution in [0, 0.1) is 16.7 Å². The first-order chi connectivity index (χ1) is 10.1. The Kier molecular flexibility index (Phi) is 5.06. The van der Waals surface area contributed by atoms with Crippen molar-refractivity contribution in [3.8, 4) is 6.07 Å². The van der Waals surface area contributed by atoms with Crippen molar-refractivity contribution in [1.29, 1.82) is 5.26 Å². The number of nitrogens with zero attached hydrogens (tertiary/aromatic N) is 1. The molecule has 0 heterocycles. The summed E-state index contributed by atoms with van der Waals surface area (Å²) in [7, 11) is 0. The average Bonchev–Trinajstić information content (AvgIpc) is 2.47. The van der Waals surface area contributed by atoms with E-state index in [9.17, 15) is 10.4 Å². The number of nitriles is 1. The molecule has 1 aromatic carbocycles. The molecular weight excluding hydrogens is 258 g/mol. The molecule has 2 nitrogen and oxygen atoms in total. The Hall–Kier alpha value is -1.33. The summed E-state index contributed by atoms with van der Waals surface area (Å²) in [6.45, 7) is 3.96. The van der Waals surface area contributed by atoms with Crippen molar-refractivity contribution in [2.45, 2.75) is 70.8 Å². The second-order valence-electron chi connectivity index (χ2n) is 6.58. The molecule has 1 unspecified atom stereocenters. The van der Waals surface area contributed by atoms with Gasteiger partial charge < -0.3 is 5.11 Å². The van der Waals surface area contributed by atoms with Crippen LogP contribution in [-0.2, 0) is 12.0 Å². The van der Waals surface area contributed by atoms with E-state index in [0.29, 0.717) is 0 Å². The quantitative estimate of drug-likeness (QED) is 0.874. The van der Waals surface area contributed by atoms with E-state index in [2.05, 4.69) is 25.1 Å². The third-order valence-corrected chi connectivity index (χ3v) is 5.28. The van der Waals surface area contributed by atoms with Crippen molar-refractivity contribution < 1.29 is 5.11 Å². The SMILES string of the molecule is CCc1ccc(C(C)(O)C2(C#N)CCCCCCC2)cc1. The van der Waals surface area contributed by atoms with Gasteiger partial charge in [0.05, 0.1) is 11.5 Å². The molecule has 1 aromatic rings. The van der Waals surface area contributed by atoms with Crippen molar-refractivity contribution in [2.75, 3.05) is 0 Å². The topological polar surface area (TPSA) is 44.0 Å². The van der Waals surface area contributed by atoms with E-state index in [1.54, 1.807) is 0 Å². The van der Waals surface area contributed by atoms with Crippen LogP contribution >= 0.6 is 0 Å². The molecule has 114 valence electrons. The summed E-state index contributed by atoms with van der Waals surface area (Å²) in [5.41, 5.74) is 0.409. The molecule has 0 aliphatic heterocycles. The lowest BCUT2D eigenvalue weighted by molar-refractivity contribution is -0.0582. The molecule has 1 N–H and O–H groups in total. The van der Waals surface area contributed by atoms with Crippen LogP contribution in [0.1, 0.15) is 69.9 Å². The Morgan fingerprint density at radius 2 is 1.62 bits per heavy atom. The number of hydrogen-bond acceptors (Lipinski definition) is 2. The lowest BCUT2D eigenvalue weighted by atomic mass is 9.64. The first-order valence-electron chi connectivity index (χ1n) is 8.29. The second-order valence-corrected chi connectivity index (χ2v) is 6.58. The van der Waals surface area contributed by atoms with Crippen molar-refractivity contribution in [3.05, 3.63) is 35.4 Å². The van der Waals surface area contributed by atoms with Crippen LogP contribution in [0.5, 0.6) is 0 Å². The highest BCUT2D eigenvalue weighted by Crippen LogP contribution is 2.48. The Labute approximate surface area is 128 Å². The molecule has 2 rings (SSSR count). The van der Waals surface area contributed by atoms with Crippen molar-refractivity contribution in [2.24, 2.45) is 5.41 Å². The molecule has 0 aromatic heterocycles. The predicted molar refractivity (Wildman–Crippen MR) is 85.8 cm³/mol. The summed E-state index contributed by atoms with van der Waals surface area (Å²) in [5.74, 6) is 0. The zero-order valence-electron chi connectivity index (χ0n) is 13.4. The van der Waals surface area contributed by atoms with Crippen LogP contribution in [0.2, 0.25) is 0 Å². The van der Waals surface area contributed by atoms with Gasteiger partial charge >= 0.3 is 0 Å². The minimum Gasteiger partial charge on any atom is -0.384 e. The van der Waals surface area contributed by atoms with Gasteiger partial charge in [-0.3, -0.25) is 0 Å². The van der Waals surface area contributed by atoms with E-state index in [-0.39, 0.29) is 0 Å². The molecule has 0 spiro atoms. The van der Waals surface area contributed by atoms with Gasteiger partial charge in [-0.15, -0.1) is 0 Å². The van der Waals surface area contributed by atoms with E-state index in [4.69, 9.17) is 0 Å². The van der Waals surface area contributed by atoms with Gasteiger partial charge in [-0.1, -0.05) is 63.3 Å². The van der Waals surface area contributed by atoms with Crippen molar-refractivity contribution in [3.63, 3.8) is 0 Å². The Morgan fingerprint density at radius 1 is 1.10 bits per heavy atom. The van der Waals surface area contributed by atoms with Gasteiger partial charge in [-0.2, -0.15) is 5.26 Å². The first kappa shape index (κ1) is 16.0. The summed E-state index contributed by atoms with van der Waals surface area (Å²) < 4.78 is 0. The minimum atomic E-state index is -1.08. The monoisotopic (exact) mass is 285 g/mol. The minimum absolute atomic E-state index is 0.652. The third-order valence-electron chi connectivity index (χ3n) is 5.28. The Balaban J connectivity index is 2.34. The van der Waals surface area contributed by atoms with Crippen LogP contribution in [0.25, 0.3) is 0 Å². The standard InChI is InChI=1S/C19H27NO/c1-3-16-9-11-17(12-10-16)18(2,21)19(15-20)13-7-5-4-6-8-14-19/h9-12,21H,3-8,13-14H2,1-2H3. The van der Waals surface area contributed by atoms with E-state index in [1.165, 1.54) is 24.8 Å². The normalized spacial score (nSPS) is 21.6. The molecule has 0 amide bonds. The number of benzene rings is 1. The molecule has 1 aliphatic rings. The number of aliphatic hydroxyl groups is 1. The zero-order chi connectivity index (χ0) is 15.3. The first-order valence-corrected chi connectivity index (χ1v) is 8.29. The lowest BCUT2D eigenvalue weighted by Gasteiger charge is -2.42. The molecule has 1 saturated carbocycles. The third kappa shape index (κ3) is 3.14. The molecular formula is C19H27NO. The molecule has 0 saturated heterocycles.